The minimum atomic E-state index is -0.578. The third-order valence-electron chi connectivity index (χ3n) is 5.25. The van der Waals surface area contributed by atoms with E-state index < -0.39 is 6.09 Å². The van der Waals surface area contributed by atoms with Crippen molar-refractivity contribution in [2.75, 3.05) is 4.90 Å². The molecule has 1 heterocycles. The van der Waals surface area contributed by atoms with Crippen LogP contribution in [0, 0.1) is 0 Å². The number of carbonyl (C=O) groups excluding carboxylic acids is 2. The summed E-state index contributed by atoms with van der Waals surface area (Å²) in [7, 11) is 0. The van der Waals surface area contributed by atoms with Crippen LogP contribution in [0.2, 0.25) is 0 Å². The minimum absolute atomic E-state index is 0.209. The quantitative estimate of drug-likeness (QED) is 0.268. The average Bonchev–Trinajstić information content (AvgIpc) is 3.16. The number of fused-ring (bicyclic) bond motifs is 1. The SMILES string of the molecule is O=C1/C(=C/c2ccccc2Br)Oc2cc(OC(=O)N(c3ccccc3)c3ccccc3)ccc21. The van der Waals surface area contributed by atoms with E-state index in [0.29, 0.717) is 22.7 Å². The number of Topliss-reactive ketones (excluding diaryl/α,β-unsaturated/α-hetero) is 1. The number of ether oxygens (including phenoxy) is 2. The van der Waals surface area contributed by atoms with E-state index in [9.17, 15) is 9.59 Å². The first kappa shape index (κ1) is 21.7. The lowest BCUT2D eigenvalue weighted by Gasteiger charge is -2.22. The van der Waals surface area contributed by atoms with Gasteiger partial charge in [0.05, 0.1) is 16.9 Å². The van der Waals surface area contributed by atoms with Crippen molar-refractivity contribution in [2.45, 2.75) is 0 Å². The lowest BCUT2D eigenvalue weighted by molar-refractivity contribution is 0.101. The molecule has 1 aliphatic rings. The van der Waals surface area contributed by atoms with Gasteiger partial charge in [0.2, 0.25) is 5.78 Å². The van der Waals surface area contributed by atoms with E-state index in [2.05, 4.69) is 15.9 Å². The Balaban J connectivity index is 1.41. The van der Waals surface area contributed by atoms with Gasteiger partial charge in [0.25, 0.3) is 0 Å². The van der Waals surface area contributed by atoms with Crippen LogP contribution in [0.4, 0.5) is 16.2 Å². The van der Waals surface area contributed by atoms with Crippen LogP contribution in [0.1, 0.15) is 15.9 Å². The Labute approximate surface area is 205 Å². The molecule has 5 rings (SSSR count). The standard InChI is InChI=1S/C28H18BrNO4/c29-24-14-8-7-9-19(24)17-26-27(31)23-16-15-22(18-25(23)34-26)33-28(32)30(20-10-3-1-4-11-20)21-12-5-2-6-13-21/h1-18H/b26-17-. The lowest BCUT2D eigenvalue weighted by Crippen LogP contribution is -2.29. The monoisotopic (exact) mass is 511 g/mol. The summed E-state index contributed by atoms with van der Waals surface area (Å²) in [5.41, 5.74) is 2.59. The second-order valence-corrected chi connectivity index (χ2v) is 8.35. The summed E-state index contributed by atoms with van der Waals surface area (Å²) < 4.78 is 12.4. The third kappa shape index (κ3) is 4.36. The third-order valence-corrected chi connectivity index (χ3v) is 5.97. The van der Waals surface area contributed by atoms with Crippen molar-refractivity contribution in [1.82, 2.24) is 0 Å². The minimum Gasteiger partial charge on any atom is -0.452 e. The number of hydrogen-bond acceptors (Lipinski definition) is 4. The molecule has 0 fully saturated rings. The van der Waals surface area contributed by atoms with Crippen LogP contribution in [-0.2, 0) is 0 Å². The van der Waals surface area contributed by atoms with E-state index in [1.54, 1.807) is 24.3 Å². The smallest absolute Gasteiger partial charge is 0.424 e. The van der Waals surface area contributed by atoms with Crippen LogP contribution in [0.5, 0.6) is 11.5 Å². The molecule has 1 aliphatic heterocycles. The van der Waals surface area contributed by atoms with E-state index >= 15 is 0 Å². The summed E-state index contributed by atoms with van der Waals surface area (Å²) in [6.07, 6.45) is 1.11. The molecule has 1 amide bonds. The normalized spacial score (nSPS) is 13.3. The molecule has 4 aromatic carbocycles. The van der Waals surface area contributed by atoms with Crippen LogP contribution in [0.15, 0.2) is 113 Å². The van der Waals surface area contributed by atoms with E-state index in [0.717, 1.165) is 10.0 Å². The first-order valence-electron chi connectivity index (χ1n) is 10.5. The van der Waals surface area contributed by atoms with Crippen LogP contribution in [-0.4, -0.2) is 11.9 Å². The molecule has 0 bridgehead atoms. The summed E-state index contributed by atoms with van der Waals surface area (Å²) in [4.78, 5) is 27.5. The Hall–Kier alpha value is -4.16. The Kier molecular flexibility index (Phi) is 5.97. The predicted molar refractivity (Wildman–Crippen MR) is 135 cm³/mol. The number of allylic oxidation sites excluding steroid dienone is 1. The molecule has 34 heavy (non-hydrogen) atoms. The molecule has 0 spiro atoms. The van der Waals surface area contributed by atoms with Gasteiger partial charge >= 0.3 is 6.09 Å². The molecule has 6 heteroatoms. The highest BCUT2D eigenvalue weighted by atomic mass is 79.9. The number of para-hydroxylation sites is 2. The zero-order chi connectivity index (χ0) is 23.5. The largest absolute Gasteiger partial charge is 0.452 e. The highest BCUT2D eigenvalue weighted by Crippen LogP contribution is 2.36. The molecule has 0 unspecified atom stereocenters. The lowest BCUT2D eigenvalue weighted by atomic mass is 10.1. The van der Waals surface area contributed by atoms with E-state index in [1.165, 1.54) is 4.90 Å². The maximum Gasteiger partial charge on any atom is 0.424 e. The van der Waals surface area contributed by atoms with Gasteiger partial charge in [0.1, 0.15) is 11.5 Å². The molecular formula is C28H18BrNO4. The summed E-state index contributed by atoms with van der Waals surface area (Å²) in [5.74, 6) is 0.606. The number of carbonyl (C=O) groups is 2. The molecule has 0 atom stereocenters. The highest BCUT2D eigenvalue weighted by molar-refractivity contribution is 9.10. The first-order chi connectivity index (χ1) is 16.6. The molecule has 0 saturated carbocycles. The van der Waals surface area contributed by atoms with Gasteiger partial charge in [0.15, 0.2) is 5.76 Å². The molecule has 5 nitrogen and oxygen atoms in total. The maximum atomic E-state index is 13.2. The fourth-order valence-corrected chi connectivity index (χ4v) is 4.02. The number of hydrogen-bond donors (Lipinski definition) is 0. The van der Waals surface area contributed by atoms with Crippen molar-refractivity contribution < 1.29 is 19.1 Å². The van der Waals surface area contributed by atoms with E-state index in [4.69, 9.17) is 9.47 Å². The molecule has 0 N–H and O–H groups in total. The fraction of sp³-hybridized carbons (Fsp3) is 0. The number of ketones is 1. The number of amides is 1. The molecule has 0 radical (unpaired) electrons. The number of rotatable bonds is 4. The predicted octanol–water partition coefficient (Wildman–Crippen LogP) is 7.40. The van der Waals surface area contributed by atoms with Gasteiger partial charge in [-0.2, -0.15) is 0 Å². The van der Waals surface area contributed by atoms with Gasteiger partial charge in [-0.15, -0.1) is 0 Å². The summed E-state index contributed by atoms with van der Waals surface area (Å²) >= 11 is 3.48. The van der Waals surface area contributed by atoms with Crippen molar-refractivity contribution >= 4 is 45.3 Å². The van der Waals surface area contributed by atoms with Gasteiger partial charge in [0, 0.05) is 10.5 Å². The molecule has 0 aromatic heterocycles. The summed E-state index contributed by atoms with van der Waals surface area (Å²) in [6.45, 7) is 0. The molecule has 0 saturated heterocycles. The van der Waals surface area contributed by atoms with Crippen LogP contribution < -0.4 is 14.4 Å². The van der Waals surface area contributed by atoms with Crippen molar-refractivity contribution in [2.24, 2.45) is 0 Å². The fourth-order valence-electron chi connectivity index (χ4n) is 3.62. The van der Waals surface area contributed by atoms with Gasteiger partial charge in [-0.25, -0.2) is 9.69 Å². The Morgan fingerprint density at radius 3 is 2.09 bits per heavy atom. The van der Waals surface area contributed by atoms with Crippen LogP contribution in [0.3, 0.4) is 0 Å². The van der Waals surface area contributed by atoms with Crippen molar-refractivity contribution in [3.8, 4) is 11.5 Å². The van der Waals surface area contributed by atoms with Crippen molar-refractivity contribution in [1.29, 1.82) is 0 Å². The molecular weight excluding hydrogens is 494 g/mol. The number of halogens is 1. The number of benzene rings is 4. The van der Waals surface area contributed by atoms with Gasteiger partial charge < -0.3 is 9.47 Å². The van der Waals surface area contributed by atoms with Crippen LogP contribution in [0.25, 0.3) is 6.08 Å². The second-order valence-electron chi connectivity index (χ2n) is 7.49. The molecule has 166 valence electrons. The van der Waals surface area contributed by atoms with Gasteiger partial charge in [-0.3, -0.25) is 4.79 Å². The number of nitrogens with zero attached hydrogens (tertiary/aromatic N) is 1. The van der Waals surface area contributed by atoms with Crippen molar-refractivity contribution in [3.63, 3.8) is 0 Å². The van der Waals surface area contributed by atoms with Crippen molar-refractivity contribution in [3.05, 3.63) is 124 Å². The second kappa shape index (κ2) is 9.37. The topological polar surface area (TPSA) is 55.8 Å². The van der Waals surface area contributed by atoms with Crippen LogP contribution >= 0.6 is 15.9 Å². The zero-order valence-corrected chi connectivity index (χ0v) is 19.4. The highest BCUT2D eigenvalue weighted by Gasteiger charge is 2.29. The zero-order valence-electron chi connectivity index (χ0n) is 17.9. The average molecular weight is 512 g/mol. The Morgan fingerprint density at radius 2 is 1.44 bits per heavy atom. The Bertz CT molecular complexity index is 1360. The molecule has 0 aliphatic carbocycles. The Morgan fingerprint density at radius 1 is 0.824 bits per heavy atom. The van der Waals surface area contributed by atoms with Gasteiger partial charge in [-0.1, -0.05) is 70.5 Å². The number of anilines is 2. The van der Waals surface area contributed by atoms with E-state index in [1.807, 2.05) is 84.9 Å². The summed E-state index contributed by atoms with van der Waals surface area (Å²) in [5, 5.41) is 0. The van der Waals surface area contributed by atoms with E-state index in [-0.39, 0.29) is 17.3 Å². The summed E-state index contributed by atoms with van der Waals surface area (Å²) in [6, 6.07) is 30.8. The molecule has 4 aromatic rings. The first-order valence-corrected chi connectivity index (χ1v) is 11.3. The maximum absolute atomic E-state index is 13.2. The van der Waals surface area contributed by atoms with Gasteiger partial charge in [-0.05, 0) is 54.1 Å².